The Morgan fingerprint density at radius 2 is 0.513 bits per heavy atom. The topological polar surface area (TPSA) is 3.24 Å². The van der Waals surface area contributed by atoms with Crippen LogP contribution < -0.4 is 4.90 Å². The standard InChI is InChI=1S/C29H25N.C26H18.8C2H6.4CH4/c1-3-30(2)22-17-16-21-18-20-10-4-7-13-25(20)29(28(21)19-22)26-14-8-5-11-23(26)24-12-6-9-15-27(24)29;1-5-13-22-18(9-1)17-19-10-2-6-14-23(19)26(22)24-15-7-3-11-20(24)21-12-4-8-16-25(21)26;8*1-2;;;;/h4-17,19H,3,18H2,1-2H3;1-16H,17H2;8*1-2H3;4*1H4. The van der Waals surface area contributed by atoms with Crippen molar-refractivity contribution < 1.29 is 0 Å². The highest BCUT2D eigenvalue weighted by Gasteiger charge is 2.51. The first-order valence-corrected chi connectivity index (χ1v) is 28.1. The molecule has 0 heterocycles. The van der Waals surface area contributed by atoms with Gasteiger partial charge in [-0.3, -0.25) is 0 Å². The van der Waals surface area contributed by atoms with Crippen LogP contribution in [0.3, 0.4) is 0 Å². The van der Waals surface area contributed by atoms with Gasteiger partial charge in [0.2, 0.25) is 0 Å². The van der Waals surface area contributed by atoms with Crippen molar-refractivity contribution >= 4 is 5.69 Å². The van der Waals surface area contributed by atoms with E-state index in [0.29, 0.717) is 0 Å². The van der Waals surface area contributed by atoms with Gasteiger partial charge in [0, 0.05) is 19.3 Å². The Balaban J connectivity index is 0. The Morgan fingerprint density at radius 3 is 0.789 bits per heavy atom. The zero-order valence-corrected chi connectivity index (χ0v) is 48.0. The molecule has 0 aliphatic heterocycles. The Kier molecular flexibility index (Phi) is 33.7. The van der Waals surface area contributed by atoms with Crippen molar-refractivity contribution in [1.29, 1.82) is 0 Å². The summed E-state index contributed by atoms with van der Waals surface area (Å²) >= 11 is 0. The summed E-state index contributed by atoms with van der Waals surface area (Å²) < 4.78 is 0. The average Bonchev–Trinajstić information content (AvgIpc) is 3.95. The summed E-state index contributed by atoms with van der Waals surface area (Å²) in [5, 5.41) is 0. The van der Waals surface area contributed by atoms with Gasteiger partial charge in [0.1, 0.15) is 0 Å². The smallest absolute Gasteiger partial charge is 0.0719 e. The maximum atomic E-state index is 2.45. The fourth-order valence-corrected chi connectivity index (χ4v) is 10.9. The van der Waals surface area contributed by atoms with Crippen LogP contribution >= 0.6 is 0 Å². The first-order chi connectivity index (χ1) is 35.7. The molecule has 4 aliphatic rings. The fourth-order valence-electron chi connectivity index (χ4n) is 10.9. The molecule has 2 spiro atoms. The largest absolute Gasteiger partial charge is 0.375 e. The first kappa shape index (κ1) is 71.6. The lowest BCUT2D eigenvalue weighted by atomic mass is 9.61. The Hall–Kier alpha value is -6.44. The summed E-state index contributed by atoms with van der Waals surface area (Å²) in [5.41, 5.74) is 23.5. The average molecular weight is 1020 g/mol. The van der Waals surface area contributed by atoms with Crippen molar-refractivity contribution in [3.63, 3.8) is 0 Å². The number of nitrogens with zero attached hydrogens (tertiary/aromatic N) is 1. The number of hydrogen-bond donors (Lipinski definition) is 0. The van der Waals surface area contributed by atoms with E-state index in [2.05, 4.69) is 207 Å². The normalized spacial score (nSPS) is 11.6. The van der Waals surface area contributed by atoms with Crippen LogP contribution in [0.5, 0.6) is 0 Å². The molecular weight excluding hydrogens is 915 g/mol. The van der Waals surface area contributed by atoms with Crippen LogP contribution in [-0.4, -0.2) is 13.6 Å². The summed E-state index contributed by atoms with van der Waals surface area (Å²) in [4.78, 5) is 2.33. The molecule has 1 heteroatoms. The zero-order valence-electron chi connectivity index (χ0n) is 48.0. The maximum Gasteiger partial charge on any atom is 0.0719 e. The van der Waals surface area contributed by atoms with Gasteiger partial charge in [-0.15, -0.1) is 0 Å². The molecule has 0 unspecified atom stereocenters. The third-order valence-corrected chi connectivity index (χ3v) is 13.3. The first-order valence-electron chi connectivity index (χ1n) is 28.1. The molecule has 8 aromatic carbocycles. The zero-order chi connectivity index (χ0) is 53.4. The molecule has 1 nitrogen and oxygen atoms in total. The predicted octanol–water partition coefficient (Wildman–Crippen LogP) is 23.1. The van der Waals surface area contributed by atoms with Gasteiger partial charge in [0.05, 0.1) is 10.8 Å². The molecule has 4 aliphatic carbocycles. The minimum absolute atomic E-state index is 0. The second-order valence-electron chi connectivity index (χ2n) is 15.9. The lowest BCUT2D eigenvalue weighted by Crippen LogP contribution is -2.34. The van der Waals surface area contributed by atoms with E-state index in [9.17, 15) is 0 Å². The molecule has 0 N–H and O–H groups in total. The maximum absolute atomic E-state index is 2.45. The SMILES string of the molecule is C.C.C.C.CC.CC.CC.CC.CC.CC.CC.CC.CCN(C)c1ccc2c(c1)C1(c3ccccc3C2)c2ccccc2-c2ccccc21.c1ccc2c(c1)Cc1ccccc1C21c2ccccc2-c2ccccc21. The lowest BCUT2D eigenvalue weighted by molar-refractivity contribution is 0.721. The predicted molar refractivity (Wildman–Crippen MR) is 350 cm³/mol. The van der Waals surface area contributed by atoms with Crippen LogP contribution in [0.15, 0.2) is 188 Å². The van der Waals surface area contributed by atoms with Crippen LogP contribution in [0.2, 0.25) is 0 Å². The molecule has 0 radical (unpaired) electrons. The summed E-state index contributed by atoms with van der Waals surface area (Å²) in [6, 6.07) is 70.1. The van der Waals surface area contributed by atoms with Crippen LogP contribution in [0, 0.1) is 0 Å². The highest BCUT2D eigenvalue weighted by atomic mass is 15.1. The van der Waals surface area contributed by atoms with E-state index in [0.717, 1.165) is 19.4 Å². The number of benzene rings is 8. The van der Waals surface area contributed by atoms with E-state index in [4.69, 9.17) is 0 Å². The molecule has 0 saturated heterocycles. The second kappa shape index (κ2) is 35.7. The van der Waals surface area contributed by atoms with E-state index in [1.165, 1.54) is 94.7 Å². The van der Waals surface area contributed by atoms with Gasteiger partial charge in [0.25, 0.3) is 0 Å². The van der Waals surface area contributed by atoms with Crippen molar-refractivity contribution in [1.82, 2.24) is 0 Å². The van der Waals surface area contributed by atoms with Crippen molar-refractivity contribution in [2.75, 3.05) is 18.5 Å². The molecule has 412 valence electrons. The molecule has 8 aromatic rings. The van der Waals surface area contributed by atoms with E-state index in [1.54, 1.807) is 0 Å². The van der Waals surface area contributed by atoms with Gasteiger partial charge in [-0.1, -0.05) is 316 Å². The molecular formula is C75H107N. The highest BCUT2D eigenvalue weighted by molar-refractivity contribution is 5.89. The van der Waals surface area contributed by atoms with Gasteiger partial charge < -0.3 is 4.90 Å². The van der Waals surface area contributed by atoms with Crippen LogP contribution in [0.4, 0.5) is 5.69 Å². The van der Waals surface area contributed by atoms with Crippen molar-refractivity contribution in [2.24, 2.45) is 0 Å². The number of anilines is 1. The van der Waals surface area contributed by atoms with E-state index in [-0.39, 0.29) is 40.5 Å². The van der Waals surface area contributed by atoms with Gasteiger partial charge in [-0.2, -0.15) is 0 Å². The Bertz CT molecular complexity index is 2700. The third-order valence-electron chi connectivity index (χ3n) is 13.3. The summed E-state index contributed by atoms with van der Waals surface area (Å²) in [7, 11) is 2.18. The van der Waals surface area contributed by atoms with Crippen LogP contribution in [0.25, 0.3) is 22.3 Å². The van der Waals surface area contributed by atoms with Gasteiger partial charge in [-0.25, -0.2) is 0 Å². The monoisotopic (exact) mass is 1020 g/mol. The van der Waals surface area contributed by atoms with Crippen LogP contribution in [0.1, 0.15) is 214 Å². The molecule has 0 saturated carbocycles. The van der Waals surface area contributed by atoms with E-state index >= 15 is 0 Å². The summed E-state index contributed by atoms with van der Waals surface area (Å²) in [6.45, 7) is 35.2. The summed E-state index contributed by atoms with van der Waals surface area (Å²) in [6.07, 6.45) is 2.01. The van der Waals surface area contributed by atoms with E-state index < -0.39 is 0 Å². The molecule has 76 heavy (non-hydrogen) atoms. The van der Waals surface area contributed by atoms with Gasteiger partial charge in [-0.05, 0) is 121 Å². The molecule has 0 aromatic heterocycles. The number of hydrogen-bond acceptors (Lipinski definition) is 1. The minimum Gasteiger partial charge on any atom is -0.375 e. The van der Waals surface area contributed by atoms with E-state index in [1.807, 2.05) is 111 Å². The third kappa shape index (κ3) is 12.7. The Morgan fingerprint density at radius 1 is 0.289 bits per heavy atom. The van der Waals surface area contributed by atoms with Crippen molar-refractivity contribution in [3.05, 3.63) is 255 Å². The lowest BCUT2D eigenvalue weighted by Gasteiger charge is -2.40. The molecule has 0 atom stereocenters. The minimum atomic E-state index is -0.248. The molecule has 0 fully saturated rings. The van der Waals surface area contributed by atoms with Gasteiger partial charge >= 0.3 is 0 Å². The molecule has 0 amide bonds. The molecule has 12 rings (SSSR count). The number of rotatable bonds is 2. The van der Waals surface area contributed by atoms with Crippen LogP contribution in [-0.2, 0) is 23.7 Å². The quantitative estimate of drug-likeness (QED) is 0.167. The number of fused-ring (bicyclic) bond motifs is 18. The summed E-state index contributed by atoms with van der Waals surface area (Å²) in [5.74, 6) is 0. The highest BCUT2D eigenvalue weighted by Crippen LogP contribution is 2.61. The fraction of sp³-hybridized carbons (Fsp3) is 0.360. The van der Waals surface area contributed by atoms with Crippen molar-refractivity contribution in [2.45, 2.75) is 171 Å². The molecule has 0 bridgehead atoms. The van der Waals surface area contributed by atoms with Crippen molar-refractivity contribution in [3.8, 4) is 22.3 Å². The van der Waals surface area contributed by atoms with Gasteiger partial charge in [0.15, 0.2) is 0 Å². The second-order valence-corrected chi connectivity index (χ2v) is 15.9. The Labute approximate surface area is 469 Å².